The van der Waals surface area contributed by atoms with Gasteiger partial charge in [0.2, 0.25) is 10.0 Å². The maximum absolute atomic E-state index is 12.7. The molecule has 1 aliphatic rings. The van der Waals surface area contributed by atoms with Gasteiger partial charge in [0.25, 0.3) is 5.91 Å². The van der Waals surface area contributed by atoms with Crippen molar-refractivity contribution >= 4 is 15.9 Å². The number of carbonyl (C=O) groups is 1. The molecule has 6 nitrogen and oxygen atoms in total. The lowest BCUT2D eigenvalue weighted by Crippen LogP contribution is -2.42. The Morgan fingerprint density at radius 2 is 1.81 bits per heavy atom. The second-order valence-corrected chi connectivity index (χ2v) is 8.85. The molecule has 26 heavy (non-hydrogen) atoms. The van der Waals surface area contributed by atoms with Crippen molar-refractivity contribution in [1.29, 1.82) is 0 Å². The Morgan fingerprint density at radius 1 is 1.15 bits per heavy atom. The first-order valence-electron chi connectivity index (χ1n) is 8.76. The summed E-state index contributed by atoms with van der Waals surface area (Å²) in [6.07, 6.45) is 2.62. The minimum atomic E-state index is -3.66. The zero-order valence-corrected chi connectivity index (χ0v) is 15.8. The van der Waals surface area contributed by atoms with E-state index in [2.05, 4.69) is 18.6 Å². The molecule has 1 aromatic heterocycles. The lowest BCUT2D eigenvalue weighted by atomic mass is 9.91. The van der Waals surface area contributed by atoms with Crippen molar-refractivity contribution in [1.82, 2.24) is 9.62 Å². The predicted molar refractivity (Wildman–Crippen MR) is 98.0 cm³/mol. The Kier molecular flexibility index (Phi) is 5.48. The molecule has 1 saturated heterocycles. The Labute approximate surface area is 154 Å². The van der Waals surface area contributed by atoms with E-state index in [0.29, 0.717) is 23.2 Å². The summed E-state index contributed by atoms with van der Waals surface area (Å²) in [7, 11) is -3.66. The Morgan fingerprint density at radius 3 is 2.38 bits per heavy atom. The molecule has 0 bridgehead atoms. The van der Waals surface area contributed by atoms with Crippen molar-refractivity contribution < 1.29 is 17.6 Å². The molecule has 1 N–H and O–H groups in total. The van der Waals surface area contributed by atoms with E-state index in [1.165, 1.54) is 18.4 Å². The molecule has 1 fully saturated rings. The van der Waals surface area contributed by atoms with E-state index in [1.807, 2.05) is 4.90 Å². The normalized spacial score (nSPS) is 20.9. The third-order valence-corrected chi connectivity index (χ3v) is 6.00. The first-order chi connectivity index (χ1) is 12.3. The zero-order valence-electron chi connectivity index (χ0n) is 15.0. The van der Waals surface area contributed by atoms with Crippen molar-refractivity contribution in [2.75, 3.05) is 13.1 Å². The van der Waals surface area contributed by atoms with Gasteiger partial charge in [0.1, 0.15) is 5.76 Å². The second-order valence-electron chi connectivity index (χ2n) is 7.08. The van der Waals surface area contributed by atoms with Crippen LogP contribution < -0.4 is 4.72 Å². The highest BCUT2D eigenvalue weighted by Crippen LogP contribution is 2.23. The second kappa shape index (κ2) is 7.63. The van der Waals surface area contributed by atoms with E-state index >= 15 is 0 Å². The summed E-state index contributed by atoms with van der Waals surface area (Å²) in [5, 5.41) is 0. The van der Waals surface area contributed by atoms with Crippen LogP contribution in [0, 0.1) is 11.8 Å². The smallest absolute Gasteiger partial charge is 0.253 e. The summed E-state index contributed by atoms with van der Waals surface area (Å²) in [5.41, 5.74) is 0.510. The highest BCUT2D eigenvalue weighted by Gasteiger charge is 2.26. The largest absolute Gasteiger partial charge is 0.468 e. The molecule has 2 aromatic rings. The van der Waals surface area contributed by atoms with Crippen LogP contribution >= 0.6 is 0 Å². The molecule has 0 radical (unpaired) electrons. The van der Waals surface area contributed by atoms with Crippen LogP contribution in [0.1, 0.15) is 36.4 Å². The number of piperidine rings is 1. The fourth-order valence-corrected chi connectivity index (χ4v) is 4.44. The maximum Gasteiger partial charge on any atom is 0.253 e. The number of sulfonamides is 1. The topological polar surface area (TPSA) is 79.6 Å². The quantitative estimate of drug-likeness (QED) is 0.870. The van der Waals surface area contributed by atoms with Gasteiger partial charge >= 0.3 is 0 Å². The third-order valence-electron chi connectivity index (χ3n) is 4.58. The standard InChI is InChI=1S/C19H24N2O4S/c1-14-10-15(2)13-21(12-14)19(22)16-5-7-18(8-6-16)26(23,24)20-11-17-4-3-9-25-17/h3-9,14-15,20H,10-13H2,1-2H3. The molecule has 0 aliphatic carbocycles. The molecular weight excluding hydrogens is 352 g/mol. The summed E-state index contributed by atoms with van der Waals surface area (Å²) in [6.45, 7) is 5.87. The van der Waals surface area contributed by atoms with Crippen LogP contribution in [0.2, 0.25) is 0 Å². The van der Waals surface area contributed by atoms with Gasteiger partial charge in [-0.25, -0.2) is 13.1 Å². The molecule has 140 valence electrons. The van der Waals surface area contributed by atoms with E-state index in [1.54, 1.807) is 24.3 Å². The number of hydrogen-bond acceptors (Lipinski definition) is 4. The molecule has 0 saturated carbocycles. The van der Waals surface area contributed by atoms with Crippen molar-refractivity contribution in [3.63, 3.8) is 0 Å². The van der Waals surface area contributed by atoms with Gasteiger partial charge in [-0.05, 0) is 54.7 Å². The monoisotopic (exact) mass is 376 g/mol. The number of nitrogens with zero attached hydrogens (tertiary/aromatic N) is 1. The van der Waals surface area contributed by atoms with Crippen LogP contribution in [0.15, 0.2) is 52.0 Å². The van der Waals surface area contributed by atoms with Gasteiger partial charge < -0.3 is 9.32 Å². The molecule has 1 aromatic carbocycles. The van der Waals surface area contributed by atoms with Gasteiger partial charge in [-0.2, -0.15) is 0 Å². The van der Waals surface area contributed by atoms with Crippen LogP contribution in [-0.2, 0) is 16.6 Å². The van der Waals surface area contributed by atoms with Crippen LogP contribution in [0.5, 0.6) is 0 Å². The number of nitrogens with one attached hydrogen (secondary N) is 1. The van der Waals surface area contributed by atoms with Crippen molar-refractivity contribution in [3.8, 4) is 0 Å². The van der Waals surface area contributed by atoms with Gasteiger partial charge in [-0.1, -0.05) is 13.8 Å². The SMILES string of the molecule is CC1CC(C)CN(C(=O)c2ccc(S(=O)(=O)NCc3ccco3)cc2)C1. The number of rotatable bonds is 5. The number of furan rings is 1. The lowest BCUT2D eigenvalue weighted by molar-refractivity contribution is 0.0623. The number of hydrogen-bond donors (Lipinski definition) is 1. The minimum Gasteiger partial charge on any atom is -0.468 e. The summed E-state index contributed by atoms with van der Waals surface area (Å²) >= 11 is 0. The van der Waals surface area contributed by atoms with Crippen LogP contribution in [0.4, 0.5) is 0 Å². The van der Waals surface area contributed by atoms with Crippen molar-refractivity contribution in [2.24, 2.45) is 11.8 Å². The zero-order chi connectivity index (χ0) is 18.7. The highest BCUT2D eigenvalue weighted by atomic mass is 32.2. The molecule has 3 rings (SSSR count). The van der Waals surface area contributed by atoms with Crippen LogP contribution in [-0.4, -0.2) is 32.3 Å². The van der Waals surface area contributed by atoms with E-state index in [9.17, 15) is 13.2 Å². The predicted octanol–water partition coefficient (Wildman–Crippen LogP) is 2.88. The fourth-order valence-electron chi connectivity index (χ4n) is 3.45. The molecule has 1 amide bonds. The number of carbonyl (C=O) groups excluding carboxylic acids is 1. The fraction of sp³-hybridized carbons (Fsp3) is 0.421. The summed E-state index contributed by atoms with van der Waals surface area (Å²) in [5.74, 6) is 1.45. The van der Waals surface area contributed by atoms with Crippen molar-refractivity contribution in [2.45, 2.75) is 31.7 Å². The number of likely N-dealkylation sites (tertiary alicyclic amines) is 1. The van der Waals surface area contributed by atoms with Gasteiger partial charge in [-0.15, -0.1) is 0 Å². The molecule has 1 aliphatic heterocycles. The van der Waals surface area contributed by atoms with E-state index in [-0.39, 0.29) is 17.3 Å². The van der Waals surface area contributed by atoms with Gasteiger partial charge in [0.05, 0.1) is 17.7 Å². The Bertz CT molecular complexity index is 834. The third kappa shape index (κ3) is 4.34. The van der Waals surface area contributed by atoms with Gasteiger partial charge in [0, 0.05) is 18.7 Å². The molecular formula is C19H24N2O4S. The van der Waals surface area contributed by atoms with E-state index in [0.717, 1.165) is 19.5 Å². The summed E-state index contributed by atoms with van der Waals surface area (Å²) < 4.78 is 32.3. The first-order valence-corrected chi connectivity index (χ1v) is 10.2. The maximum atomic E-state index is 12.7. The van der Waals surface area contributed by atoms with E-state index in [4.69, 9.17) is 4.42 Å². The molecule has 0 spiro atoms. The van der Waals surface area contributed by atoms with Crippen molar-refractivity contribution in [3.05, 3.63) is 54.0 Å². The van der Waals surface area contributed by atoms with E-state index < -0.39 is 10.0 Å². The Balaban J connectivity index is 1.68. The van der Waals surface area contributed by atoms with Crippen LogP contribution in [0.25, 0.3) is 0 Å². The lowest BCUT2D eigenvalue weighted by Gasteiger charge is -2.35. The number of amides is 1. The van der Waals surface area contributed by atoms with Gasteiger partial charge in [-0.3, -0.25) is 4.79 Å². The van der Waals surface area contributed by atoms with Crippen LogP contribution in [0.3, 0.4) is 0 Å². The Hall–Kier alpha value is -2.12. The highest BCUT2D eigenvalue weighted by molar-refractivity contribution is 7.89. The molecule has 2 heterocycles. The molecule has 2 unspecified atom stereocenters. The van der Waals surface area contributed by atoms with Gasteiger partial charge in [0.15, 0.2) is 0 Å². The molecule has 2 atom stereocenters. The average molecular weight is 376 g/mol. The number of benzene rings is 1. The minimum absolute atomic E-state index is 0.0455. The molecule has 7 heteroatoms. The summed E-state index contributed by atoms with van der Waals surface area (Å²) in [4.78, 5) is 14.7. The first kappa shape index (κ1) is 18.7. The average Bonchev–Trinajstić information content (AvgIpc) is 3.12. The summed E-state index contributed by atoms with van der Waals surface area (Å²) in [6, 6.07) is 9.49.